The van der Waals surface area contributed by atoms with Crippen molar-refractivity contribution in [3.63, 3.8) is 0 Å². The first-order chi connectivity index (χ1) is 18.6. The highest BCUT2D eigenvalue weighted by atomic mass is 16.5. The van der Waals surface area contributed by atoms with Gasteiger partial charge in [0.25, 0.3) is 0 Å². The van der Waals surface area contributed by atoms with Crippen LogP contribution in [0.15, 0.2) is 42.6 Å². The van der Waals surface area contributed by atoms with E-state index in [9.17, 15) is 5.26 Å². The highest BCUT2D eigenvalue weighted by Gasteiger charge is 2.16. The third kappa shape index (κ3) is 8.29. The van der Waals surface area contributed by atoms with Gasteiger partial charge in [-0.1, -0.05) is 12.8 Å². The van der Waals surface area contributed by atoms with Crippen LogP contribution < -0.4 is 9.47 Å². The average molecular weight is 512 g/mol. The van der Waals surface area contributed by atoms with Gasteiger partial charge in [0.05, 0.1) is 35.5 Å². The third-order valence-electron chi connectivity index (χ3n) is 7.78. The van der Waals surface area contributed by atoms with E-state index < -0.39 is 0 Å². The van der Waals surface area contributed by atoms with Crippen LogP contribution in [0.25, 0.3) is 6.08 Å². The summed E-state index contributed by atoms with van der Waals surface area (Å²) in [6.45, 7) is 4.19. The third-order valence-corrected chi connectivity index (χ3v) is 7.78. The zero-order valence-electron chi connectivity index (χ0n) is 22.8. The average Bonchev–Trinajstić information content (AvgIpc) is 3.48. The molecule has 2 aliphatic carbocycles. The highest BCUT2D eigenvalue weighted by Crippen LogP contribution is 2.27. The van der Waals surface area contributed by atoms with Crippen molar-refractivity contribution < 1.29 is 9.47 Å². The van der Waals surface area contributed by atoms with Gasteiger partial charge in [-0.15, -0.1) is 0 Å². The van der Waals surface area contributed by atoms with Crippen molar-refractivity contribution in [1.29, 1.82) is 10.5 Å². The first kappa shape index (κ1) is 27.6. The number of benzene rings is 2. The molecule has 1 heterocycles. The van der Waals surface area contributed by atoms with E-state index in [-0.39, 0.29) is 0 Å². The van der Waals surface area contributed by atoms with Gasteiger partial charge in [-0.25, -0.2) is 0 Å². The normalized spacial score (nSPS) is 18.3. The molecule has 38 heavy (non-hydrogen) atoms. The van der Waals surface area contributed by atoms with Crippen LogP contribution in [-0.2, 0) is 0 Å². The number of rotatable bonds is 6. The summed E-state index contributed by atoms with van der Waals surface area (Å²) in [4.78, 5) is 2.32. The minimum absolute atomic E-state index is 0.345. The second-order valence-corrected chi connectivity index (χ2v) is 10.8. The Morgan fingerprint density at radius 3 is 1.76 bits per heavy atom. The van der Waals surface area contributed by atoms with Gasteiger partial charge in [-0.3, -0.25) is 0 Å². The van der Waals surface area contributed by atoms with Crippen LogP contribution in [0, 0.1) is 29.6 Å². The van der Waals surface area contributed by atoms with E-state index in [2.05, 4.69) is 29.3 Å². The number of hydrogen-bond donors (Lipinski definition) is 0. The molecular weight excluding hydrogens is 470 g/mol. The molecule has 0 N–H and O–H groups in total. The van der Waals surface area contributed by atoms with Gasteiger partial charge in [0.2, 0.25) is 0 Å². The van der Waals surface area contributed by atoms with Crippen molar-refractivity contribution >= 4 is 6.08 Å². The number of nitrogens with zero attached hydrogens (tertiary/aromatic N) is 3. The lowest BCUT2D eigenvalue weighted by Crippen LogP contribution is -2.19. The molecule has 3 aliphatic rings. The Kier molecular flexibility index (Phi) is 10.5. The molecule has 0 unspecified atom stereocenters. The Bertz CT molecular complexity index is 1140. The van der Waals surface area contributed by atoms with Crippen molar-refractivity contribution in [3.05, 3.63) is 64.9 Å². The monoisotopic (exact) mass is 511 g/mol. The largest absolute Gasteiger partial charge is 0.490 e. The summed E-state index contributed by atoms with van der Waals surface area (Å²) in [5.74, 6) is 1.80. The predicted octanol–water partition coefficient (Wildman–Crippen LogP) is 7.91. The molecule has 0 spiro atoms. The van der Waals surface area contributed by atoms with Gasteiger partial charge < -0.3 is 14.4 Å². The number of ether oxygens (including phenoxy) is 2. The molecule has 3 fully saturated rings. The van der Waals surface area contributed by atoms with Crippen molar-refractivity contribution in [2.24, 2.45) is 0 Å². The molecule has 5 rings (SSSR count). The molecule has 200 valence electrons. The predicted molar refractivity (Wildman–Crippen MR) is 152 cm³/mol. The highest BCUT2D eigenvalue weighted by molar-refractivity contribution is 5.60. The molecule has 0 amide bonds. The Hall–Kier alpha value is -3.44. The van der Waals surface area contributed by atoms with Crippen molar-refractivity contribution in [2.45, 2.75) is 96.2 Å². The second kappa shape index (κ2) is 14.5. The van der Waals surface area contributed by atoms with E-state index >= 15 is 0 Å². The minimum atomic E-state index is 0.345. The van der Waals surface area contributed by atoms with Gasteiger partial charge in [0.1, 0.15) is 11.5 Å². The van der Waals surface area contributed by atoms with Crippen LogP contribution in [0.3, 0.4) is 0 Å². The van der Waals surface area contributed by atoms with Crippen LogP contribution in [0.2, 0.25) is 0 Å². The number of aryl methyl sites for hydroxylation is 1. The van der Waals surface area contributed by atoms with Gasteiger partial charge in [-0.2, -0.15) is 10.5 Å². The van der Waals surface area contributed by atoms with Crippen LogP contribution in [0.5, 0.6) is 11.5 Å². The molecule has 0 atom stereocenters. The maximum Gasteiger partial charge on any atom is 0.120 e. The van der Waals surface area contributed by atoms with Gasteiger partial charge in [-0.05, 0) is 131 Å². The molecule has 2 aromatic rings. The van der Waals surface area contributed by atoms with Gasteiger partial charge in [0, 0.05) is 13.1 Å². The van der Waals surface area contributed by atoms with Crippen molar-refractivity contribution in [3.8, 4) is 23.6 Å². The van der Waals surface area contributed by atoms with E-state index in [4.69, 9.17) is 14.7 Å². The second-order valence-electron chi connectivity index (χ2n) is 10.8. The molecule has 5 nitrogen and oxygen atoms in total. The summed E-state index contributed by atoms with van der Waals surface area (Å²) < 4.78 is 12.0. The molecule has 1 saturated heterocycles. The quantitative estimate of drug-likeness (QED) is 0.394. The lowest BCUT2D eigenvalue weighted by atomic mass is 9.98. The first-order valence-electron chi connectivity index (χ1n) is 14.4. The fourth-order valence-corrected chi connectivity index (χ4v) is 5.52. The summed E-state index contributed by atoms with van der Waals surface area (Å²) in [6, 6.07) is 16.0. The first-order valence-corrected chi connectivity index (χ1v) is 14.4. The Morgan fingerprint density at radius 2 is 1.24 bits per heavy atom. The van der Waals surface area contributed by atoms with Crippen LogP contribution >= 0.6 is 0 Å². The fraction of sp³-hybridized carbons (Fsp3) is 0.515. The van der Waals surface area contributed by atoms with Gasteiger partial charge >= 0.3 is 0 Å². The summed E-state index contributed by atoms with van der Waals surface area (Å²) in [5, 5.41) is 18.1. The lowest BCUT2D eigenvalue weighted by Gasteiger charge is -2.23. The molecule has 2 aromatic carbocycles. The van der Waals surface area contributed by atoms with Crippen LogP contribution in [-0.4, -0.2) is 30.2 Å². The zero-order chi connectivity index (χ0) is 26.6. The summed E-state index contributed by atoms with van der Waals surface area (Å²) in [5.41, 5.74) is 3.40. The molecule has 0 aromatic heterocycles. The number of hydrogen-bond acceptors (Lipinski definition) is 5. The van der Waals surface area contributed by atoms with Crippen molar-refractivity contribution in [1.82, 2.24) is 4.90 Å². The molecule has 5 heteroatoms. The summed E-state index contributed by atoms with van der Waals surface area (Å²) >= 11 is 0. The minimum Gasteiger partial charge on any atom is -0.490 e. The maximum absolute atomic E-state index is 9.28. The van der Waals surface area contributed by atoms with E-state index in [0.29, 0.717) is 17.8 Å². The number of nitriles is 2. The van der Waals surface area contributed by atoms with Crippen LogP contribution in [0.1, 0.15) is 99.3 Å². The van der Waals surface area contributed by atoms with E-state index in [1.165, 1.54) is 64.2 Å². The molecule has 1 aliphatic heterocycles. The van der Waals surface area contributed by atoms with Crippen molar-refractivity contribution in [2.75, 3.05) is 13.1 Å². The van der Waals surface area contributed by atoms with E-state index in [0.717, 1.165) is 54.1 Å². The Balaban J connectivity index is 0.000000186. The standard InChI is InChI=1S/C19H24N2O.C14H17NO/c20-15-17-8-9-19(22-18-6-2-1-3-7-18)14-16(17)10-13-21-11-4-5-12-21;1-11-9-14(8-7-12(11)10-15)16-13-5-3-2-4-6-13/h8-10,13-14,18H,1-7,11-12H2;7-9,13H,2-6H2,1H3/b13-10+;. The zero-order valence-corrected chi connectivity index (χ0v) is 22.8. The Labute approximate surface area is 228 Å². The molecule has 2 saturated carbocycles. The molecular formula is C33H41N3O2. The molecule has 0 bridgehead atoms. The number of likely N-dealkylation sites (tertiary alicyclic amines) is 1. The van der Waals surface area contributed by atoms with Crippen LogP contribution in [0.4, 0.5) is 0 Å². The molecule has 0 radical (unpaired) electrons. The van der Waals surface area contributed by atoms with E-state index in [1.54, 1.807) is 0 Å². The SMILES string of the molecule is Cc1cc(OC2CCCCC2)ccc1C#N.N#Cc1ccc(OC2CCCCC2)cc1/C=C/N1CCCC1. The van der Waals surface area contributed by atoms with Gasteiger partial charge in [0.15, 0.2) is 0 Å². The smallest absolute Gasteiger partial charge is 0.120 e. The topological polar surface area (TPSA) is 69.3 Å². The van der Waals surface area contributed by atoms with E-state index in [1.807, 2.05) is 43.3 Å². The maximum atomic E-state index is 9.28. The Morgan fingerprint density at radius 1 is 0.711 bits per heavy atom. The lowest BCUT2D eigenvalue weighted by molar-refractivity contribution is 0.155. The fourth-order valence-electron chi connectivity index (χ4n) is 5.52. The summed E-state index contributed by atoms with van der Waals surface area (Å²) in [7, 11) is 0. The summed E-state index contributed by atoms with van der Waals surface area (Å²) in [6.07, 6.45) is 19.8.